The Labute approximate surface area is 306 Å². The molecule has 0 aliphatic carbocycles. The molecule has 1 aliphatic heterocycles. The van der Waals surface area contributed by atoms with Gasteiger partial charge in [0, 0.05) is 57.6 Å². The van der Waals surface area contributed by atoms with E-state index >= 15 is 0 Å². The van der Waals surface area contributed by atoms with Crippen LogP contribution in [0.5, 0.6) is 0 Å². The lowest BCUT2D eigenvalue weighted by molar-refractivity contribution is -0.697. The average Bonchev–Trinajstić information content (AvgIpc) is 3.10. The normalized spacial score (nSPS) is 13.0. The number of ketones is 1. The predicted molar refractivity (Wildman–Crippen MR) is 195 cm³/mol. The van der Waals surface area contributed by atoms with Crippen LogP contribution in [0.1, 0.15) is 180 Å². The second-order valence-electron chi connectivity index (χ2n) is 14.2. The molecule has 1 aromatic heterocycles. The molecule has 6 nitrogen and oxygen atoms in total. The van der Waals surface area contributed by atoms with Crippen molar-refractivity contribution in [1.29, 1.82) is 0 Å². The maximum atomic E-state index is 12.7. The number of pyridine rings is 1. The number of aromatic nitrogens is 1. The van der Waals surface area contributed by atoms with Crippen molar-refractivity contribution in [3.63, 3.8) is 0 Å². The number of hydrogen-bond donors (Lipinski definition) is 0. The molecule has 2 amide bonds. The van der Waals surface area contributed by atoms with Crippen LogP contribution in [0.25, 0.3) is 0 Å². The van der Waals surface area contributed by atoms with Crippen LogP contribution in [-0.2, 0) is 20.9 Å². The zero-order chi connectivity index (χ0) is 33.6. The molecule has 1 aliphatic rings. The van der Waals surface area contributed by atoms with E-state index in [1.807, 2.05) is 4.90 Å². The standard InChI is InChI=1S/C41H72N3O3.BrH/c1-2-3-4-5-6-7-8-12-15-18-21-25-30-39(45)41(47)44-37-35-43(36-38-44)40(46)31-26-22-19-16-13-10-9-11-14-17-20-23-27-32-42-33-28-24-29-34-42;/h24,28-29,33-34H,2-23,25-27,30-32,35-38H2,1H3;1H/q+1;/p-1. The van der Waals surface area contributed by atoms with Crippen LogP contribution in [0.4, 0.5) is 0 Å². The summed E-state index contributed by atoms with van der Waals surface area (Å²) in [7, 11) is 0. The summed E-state index contributed by atoms with van der Waals surface area (Å²) >= 11 is 0. The average molecular weight is 735 g/mol. The van der Waals surface area contributed by atoms with E-state index in [0.29, 0.717) is 39.0 Å². The van der Waals surface area contributed by atoms with Crippen LogP contribution < -0.4 is 21.5 Å². The highest BCUT2D eigenvalue weighted by molar-refractivity contribution is 6.36. The van der Waals surface area contributed by atoms with Gasteiger partial charge in [-0.2, -0.15) is 0 Å². The van der Waals surface area contributed by atoms with E-state index < -0.39 is 0 Å². The van der Waals surface area contributed by atoms with Crippen molar-refractivity contribution in [3.8, 4) is 0 Å². The molecule has 0 spiro atoms. The minimum Gasteiger partial charge on any atom is -1.00 e. The summed E-state index contributed by atoms with van der Waals surface area (Å²) < 4.78 is 2.27. The Hall–Kier alpha value is -1.76. The van der Waals surface area contributed by atoms with Crippen molar-refractivity contribution >= 4 is 17.6 Å². The molecule has 48 heavy (non-hydrogen) atoms. The molecule has 2 heterocycles. The second kappa shape index (κ2) is 31.2. The van der Waals surface area contributed by atoms with Crippen LogP contribution in [0.15, 0.2) is 30.6 Å². The van der Waals surface area contributed by atoms with Gasteiger partial charge in [-0.1, -0.05) is 148 Å². The van der Waals surface area contributed by atoms with E-state index in [-0.39, 0.29) is 34.6 Å². The van der Waals surface area contributed by atoms with Crippen LogP contribution in [0.2, 0.25) is 0 Å². The summed E-state index contributed by atoms with van der Waals surface area (Å²) in [5.74, 6) is -0.381. The third-order valence-corrected chi connectivity index (χ3v) is 10.00. The zero-order valence-electron chi connectivity index (χ0n) is 31.0. The fourth-order valence-electron chi connectivity index (χ4n) is 6.83. The van der Waals surface area contributed by atoms with Gasteiger partial charge in [0.15, 0.2) is 12.4 Å². The first-order chi connectivity index (χ1) is 23.1. The first-order valence-corrected chi connectivity index (χ1v) is 20.2. The largest absolute Gasteiger partial charge is 1.00 e. The number of rotatable bonds is 30. The van der Waals surface area contributed by atoms with Gasteiger partial charge < -0.3 is 26.8 Å². The van der Waals surface area contributed by atoms with Crippen LogP contribution in [0.3, 0.4) is 0 Å². The fraction of sp³-hybridized carbons (Fsp3) is 0.805. The fourth-order valence-corrected chi connectivity index (χ4v) is 6.83. The van der Waals surface area contributed by atoms with Gasteiger partial charge in [-0.05, 0) is 19.3 Å². The Kier molecular flexibility index (Phi) is 28.8. The molecule has 1 saturated heterocycles. The SMILES string of the molecule is CCCCCCCCCCCCCCC(=O)C(=O)N1CCN(C(=O)CCCCCCCCCCCCCCC[n+]2ccccc2)CC1.[Br-]. The van der Waals surface area contributed by atoms with Gasteiger partial charge in [-0.25, -0.2) is 4.57 Å². The molecule has 0 atom stereocenters. The molecular weight excluding hydrogens is 662 g/mol. The Balaban J connectivity index is 0.0000115. The zero-order valence-corrected chi connectivity index (χ0v) is 32.5. The van der Waals surface area contributed by atoms with Crippen LogP contribution in [-0.4, -0.2) is 53.6 Å². The molecule has 0 bridgehead atoms. The van der Waals surface area contributed by atoms with Gasteiger partial charge in [0.1, 0.15) is 6.54 Å². The maximum absolute atomic E-state index is 12.7. The highest BCUT2D eigenvalue weighted by atomic mass is 79.9. The van der Waals surface area contributed by atoms with Gasteiger partial charge in [0.25, 0.3) is 5.91 Å². The molecule has 7 heteroatoms. The highest BCUT2D eigenvalue weighted by Gasteiger charge is 2.27. The lowest BCUT2D eigenvalue weighted by Gasteiger charge is -2.34. The molecule has 0 unspecified atom stereocenters. The number of amides is 2. The van der Waals surface area contributed by atoms with Crippen LogP contribution >= 0.6 is 0 Å². The topological polar surface area (TPSA) is 61.6 Å². The van der Waals surface area contributed by atoms with E-state index in [0.717, 1.165) is 38.6 Å². The van der Waals surface area contributed by atoms with E-state index in [2.05, 4.69) is 42.1 Å². The molecular formula is C41H72BrN3O3. The molecule has 0 saturated carbocycles. The van der Waals surface area contributed by atoms with Gasteiger partial charge in [0.2, 0.25) is 11.7 Å². The molecule has 1 aromatic rings. The van der Waals surface area contributed by atoms with Crippen molar-refractivity contribution in [2.24, 2.45) is 0 Å². The van der Waals surface area contributed by atoms with Crippen molar-refractivity contribution < 1.29 is 35.9 Å². The summed E-state index contributed by atoms with van der Waals surface area (Å²) in [4.78, 5) is 41.3. The molecule has 0 N–H and O–H groups in total. The number of carbonyl (C=O) groups excluding carboxylic acids is 3. The van der Waals surface area contributed by atoms with Crippen molar-refractivity contribution in [1.82, 2.24) is 9.80 Å². The quantitative estimate of drug-likeness (QED) is 0.0499. The Morgan fingerprint density at radius 3 is 1.31 bits per heavy atom. The molecule has 276 valence electrons. The maximum Gasteiger partial charge on any atom is 0.290 e. The number of piperazine rings is 1. The summed E-state index contributed by atoms with van der Waals surface area (Å²) in [6, 6.07) is 6.27. The minimum absolute atomic E-state index is 0. The molecule has 1 fully saturated rings. The smallest absolute Gasteiger partial charge is 0.290 e. The van der Waals surface area contributed by atoms with Crippen molar-refractivity contribution in [2.45, 2.75) is 187 Å². The number of carbonyl (C=O) groups is 3. The molecule has 0 aromatic carbocycles. The summed E-state index contributed by atoms with van der Waals surface area (Å²) in [5.41, 5.74) is 0. The van der Waals surface area contributed by atoms with Gasteiger partial charge in [-0.3, -0.25) is 14.4 Å². The highest BCUT2D eigenvalue weighted by Crippen LogP contribution is 2.15. The number of Topliss-reactive ketones (excluding diaryl/α,β-unsaturated/α-hetero) is 1. The number of unbranched alkanes of at least 4 members (excludes halogenated alkanes) is 23. The summed E-state index contributed by atoms with van der Waals surface area (Å²) in [5, 5.41) is 0. The van der Waals surface area contributed by atoms with E-state index in [1.54, 1.807) is 4.90 Å². The van der Waals surface area contributed by atoms with Gasteiger partial charge in [-0.15, -0.1) is 0 Å². The minimum atomic E-state index is -0.339. The molecule has 0 radical (unpaired) electrons. The van der Waals surface area contributed by atoms with Crippen LogP contribution in [0, 0.1) is 0 Å². The summed E-state index contributed by atoms with van der Waals surface area (Å²) in [6.45, 7) is 5.49. The third-order valence-electron chi connectivity index (χ3n) is 10.00. The van der Waals surface area contributed by atoms with E-state index in [1.165, 1.54) is 128 Å². The van der Waals surface area contributed by atoms with E-state index in [9.17, 15) is 14.4 Å². The van der Waals surface area contributed by atoms with Crippen molar-refractivity contribution in [2.75, 3.05) is 26.2 Å². The number of hydrogen-bond acceptors (Lipinski definition) is 3. The second-order valence-corrected chi connectivity index (χ2v) is 14.2. The Morgan fingerprint density at radius 1 is 0.479 bits per heavy atom. The monoisotopic (exact) mass is 733 g/mol. The number of aryl methyl sites for hydroxylation is 1. The van der Waals surface area contributed by atoms with E-state index in [4.69, 9.17) is 0 Å². The predicted octanol–water partition coefficient (Wildman–Crippen LogP) is 6.77. The number of halogens is 1. The lowest BCUT2D eigenvalue weighted by Crippen LogP contribution is -3.00. The first-order valence-electron chi connectivity index (χ1n) is 20.2. The molecule has 2 rings (SSSR count). The lowest BCUT2D eigenvalue weighted by atomic mass is 10.0. The van der Waals surface area contributed by atoms with Gasteiger partial charge in [0.05, 0.1) is 0 Å². The van der Waals surface area contributed by atoms with Crippen molar-refractivity contribution in [3.05, 3.63) is 30.6 Å². The third kappa shape index (κ3) is 22.8. The Morgan fingerprint density at radius 2 is 0.854 bits per heavy atom. The first kappa shape index (κ1) is 44.3. The summed E-state index contributed by atoms with van der Waals surface area (Å²) in [6.07, 6.45) is 37.0. The van der Waals surface area contributed by atoms with Gasteiger partial charge >= 0.3 is 0 Å². The number of nitrogens with zero attached hydrogens (tertiary/aromatic N) is 3. The Bertz CT molecular complexity index is 921.